The lowest BCUT2D eigenvalue weighted by Gasteiger charge is -2.05. The average molecular weight is 340 g/mol. The van der Waals surface area contributed by atoms with Crippen LogP contribution in [0.15, 0.2) is 54.9 Å². The van der Waals surface area contributed by atoms with Crippen molar-refractivity contribution in [1.82, 2.24) is 19.9 Å². The Balaban J connectivity index is 1.91. The summed E-state index contributed by atoms with van der Waals surface area (Å²) < 4.78 is 5.38. The van der Waals surface area contributed by atoms with Crippen molar-refractivity contribution in [3.05, 3.63) is 60.4 Å². The summed E-state index contributed by atoms with van der Waals surface area (Å²) in [5.41, 5.74) is 5.80. The number of benzene rings is 2. The van der Waals surface area contributed by atoms with Gasteiger partial charge in [-0.25, -0.2) is 4.98 Å². The summed E-state index contributed by atoms with van der Waals surface area (Å²) in [5, 5.41) is 2.02. The Bertz CT molecular complexity index is 1220. The molecule has 126 valence electrons. The van der Waals surface area contributed by atoms with Gasteiger partial charge in [0, 0.05) is 28.7 Å². The fourth-order valence-electron chi connectivity index (χ4n) is 3.45. The molecule has 0 fully saturated rings. The van der Waals surface area contributed by atoms with E-state index in [1.165, 1.54) is 0 Å². The van der Waals surface area contributed by atoms with Gasteiger partial charge < -0.3 is 9.72 Å². The maximum atomic E-state index is 5.38. The van der Waals surface area contributed by atoms with Crippen LogP contribution in [-0.4, -0.2) is 27.0 Å². The van der Waals surface area contributed by atoms with Crippen LogP contribution in [0.2, 0.25) is 0 Å². The van der Waals surface area contributed by atoms with Crippen LogP contribution < -0.4 is 4.74 Å². The highest BCUT2D eigenvalue weighted by Gasteiger charge is 2.16. The van der Waals surface area contributed by atoms with E-state index >= 15 is 0 Å². The van der Waals surface area contributed by atoms with E-state index in [9.17, 15) is 0 Å². The highest BCUT2D eigenvalue weighted by atomic mass is 16.5. The number of H-pyrrole nitrogens is 1. The molecular formula is C21H16N4O. The molecule has 1 N–H and O–H groups in total. The van der Waals surface area contributed by atoms with E-state index in [2.05, 4.69) is 27.9 Å². The molecule has 0 atom stereocenters. The first-order valence-corrected chi connectivity index (χ1v) is 8.42. The summed E-state index contributed by atoms with van der Waals surface area (Å²) in [4.78, 5) is 17.5. The zero-order chi connectivity index (χ0) is 17.7. The van der Waals surface area contributed by atoms with E-state index in [0.29, 0.717) is 0 Å². The summed E-state index contributed by atoms with van der Waals surface area (Å²) in [6, 6.07) is 14.0. The number of nitrogens with zero attached hydrogens (tertiary/aromatic N) is 3. The molecule has 0 bridgehead atoms. The van der Waals surface area contributed by atoms with Gasteiger partial charge >= 0.3 is 0 Å². The molecule has 0 aliphatic heterocycles. The van der Waals surface area contributed by atoms with E-state index in [-0.39, 0.29) is 0 Å². The van der Waals surface area contributed by atoms with Crippen LogP contribution in [0.4, 0.5) is 0 Å². The number of hydrogen-bond acceptors (Lipinski definition) is 4. The number of hydrogen-bond donors (Lipinski definition) is 1. The maximum absolute atomic E-state index is 5.38. The summed E-state index contributed by atoms with van der Waals surface area (Å²) in [6.45, 7) is 2.07. The Labute approximate surface area is 149 Å². The van der Waals surface area contributed by atoms with Gasteiger partial charge in [-0.05, 0) is 48.9 Å². The first-order chi connectivity index (χ1) is 12.8. The summed E-state index contributed by atoms with van der Waals surface area (Å²) in [5.74, 6) is 1.63. The maximum Gasteiger partial charge on any atom is 0.138 e. The van der Waals surface area contributed by atoms with Crippen LogP contribution in [0.25, 0.3) is 44.2 Å². The van der Waals surface area contributed by atoms with Crippen molar-refractivity contribution in [3.63, 3.8) is 0 Å². The third kappa shape index (κ3) is 2.07. The minimum atomic E-state index is 0.809. The molecule has 0 aliphatic carbocycles. The molecule has 0 saturated carbocycles. The third-order valence-corrected chi connectivity index (χ3v) is 4.77. The molecule has 0 radical (unpaired) electrons. The van der Waals surface area contributed by atoms with E-state index in [4.69, 9.17) is 9.72 Å². The molecule has 5 aromatic rings. The molecule has 0 amide bonds. The molecule has 5 rings (SSSR count). The van der Waals surface area contributed by atoms with Crippen LogP contribution in [0.5, 0.6) is 5.75 Å². The molecule has 3 heterocycles. The van der Waals surface area contributed by atoms with Gasteiger partial charge in [0.05, 0.1) is 29.2 Å². The van der Waals surface area contributed by atoms with Crippen molar-refractivity contribution < 1.29 is 4.74 Å². The predicted molar refractivity (Wildman–Crippen MR) is 103 cm³/mol. The molecule has 0 aliphatic rings. The number of ether oxygens (including phenoxy) is 1. The van der Waals surface area contributed by atoms with Crippen molar-refractivity contribution >= 4 is 32.8 Å². The average Bonchev–Trinajstić information content (AvgIpc) is 3.14. The molecule has 5 nitrogen and oxygen atoms in total. The topological polar surface area (TPSA) is 63.7 Å². The van der Waals surface area contributed by atoms with Gasteiger partial charge in [0.2, 0.25) is 0 Å². The minimum absolute atomic E-state index is 0.809. The highest BCUT2D eigenvalue weighted by molar-refractivity contribution is 6.21. The van der Waals surface area contributed by atoms with Gasteiger partial charge in [0.25, 0.3) is 0 Å². The number of aromatic amines is 1. The Morgan fingerprint density at radius 2 is 1.62 bits per heavy atom. The number of nitrogens with one attached hydrogen (secondary N) is 1. The van der Waals surface area contributed by atoms with Crippen LogP contribution in [0, 0.1) is 6.92 Å². The van der Waals surface area contributed by atoms with Crippen molar-refractivity contribution in [3.8, 4) is 17.1 Å². The number of imidazole rings is 1. The molecule has 26 heavy (non-hydrogen) atoms. The lowest BCUT2D eigenvalue weighted by molar-refractivity contribution is 0.415. The number of aromatic nitrogens is 4. The molecule has 0 saturated heterocycles. The normalized spacial score (nSPS) is 11.5. The molecule has 2 aromatic carbocycles. The Hall–Kier alpha value is -3.47. The Morgan fingerprint density at radius 3 is 2.38 bits per heavy atom. The van der Waals surface area contributed by atoms with Crippen molar-refractivity contribution in [2.24, 2.45) is 0 Å². The zero-order valence-electron chi connectivity index (χ0n) is 14.4. The van der Waals surface area contributed by atoms with Crippen molar-refractivity contribution in [2.45, 2.75) is 6.92 Å². The van der Waals surface area contributed by atoms with Gasteiger partial charge in [-0.2, -0.15) is 0 Å². The van der Waals surface area contributed by atoms with Gasteiger partial charge in [-0.1, -0.05) is 6.07 Å². The van der Waals surface area contributed by atoms with Crippen LogP contribution in [0.3, 0.4) is 0 Å². The second kappa shape index (κ2) is 5.52. The van der Waals surface area contributed by atoms with Crippen molar-refractivity contribution in [2.75, 3.05) is 7.11 Å². The Morgan fingerprint density at radius 1 is 0.885 bits per heavy atom. The molecule has 0 unspecified atom stereocenters. The van der Waals surface area contributed by atoms with E-state index in [1.54, 1.807) is 19.5 Å². The van der Waals surface area contributed by atoms with Crippen LogP contribution >= 0.6 is 0 Å². The van der Waals surface area contributed by atoms with Gasteiger partial charge in [0.15, 0.2) is 0 Å². The van der Waals surface area contributed by atoms with Gasteiger partial charge in [-0.3, -0.25) is 9.97 Å². The Kier molecular flexibility index (Phi) is 3.15. The van der Waals surface area contributed by atoms with Crippen LogP contribution in [0.1, 0.15) is 5.56 Å². The zero-order valence-corrected chi connectivity index (χ0v) is 14.4. The number of rotatable bonds is 2. The fraction of sp³-hybridized carbons (Fsp3) is 0.0952. The highest BCUT2D eigenvalue weighted by Crippen LogP contribution is 2.34. The third-order valence-electron chi connectivity index (χ3n) is 4.77. The number of methoxy groups -OCH3 is 1. The monoisotopic (exact) mass is 340 g/mol. The summed E-state index contributed by atoms with van der Waals surface area (Å²) in [7, 11) is 1.67. The number of pyridine rings is 2. The molecule has 0 spiro atoms. The summed E-state index contributed by atoms with van der Waals surface area (Å²) >= 11 is 0. The lowest BCUT2D eigenvalue weighted by Crippen LogP contribution is -1.88. The fourth-order valence-corrected chi connectivity index (χ4v) is 3.45. The summed E-state index contributed by atoms with van der Waals surface area (Å²) in [6.07, 6.45) is 3.59. The lowest BCUT2D eigenvalue weighted by atomic mass is 10.1. The van der Waals surface area contributed by atoms with E-state index in [0.717, 1.165) is 55.5 Å². The van der Waals surface area contributed by atoms with E-state index in [1.807, 2.05) is 36.4 Å². The standard InChI is InChI=1S/C21H16N4O/c1-12-7-8-13(26-2)11-16(12)21-24-19-14-5-3-9-22-17(14)18-15(20(19)25-21)6-4-10-23-18/h3-11H,1-2H3,(H,24,25). The molecule has 3 aromatic heterocycles. The van der Waals surface area contributed by atoms with Crippen molar-refractivity contribution in [1.29, 1.82) is 0 Å². The SMILES string of the molecule is COc1ccc(C)c(-c2nc3c4cccnc4c4ncccc4c3[nH]2)c1. The smallest absolute Gasteiger partial charge is 0.138 e. The minimum Gasteiger partial charge on any atom is -0.497 e. The second-order valence-corrected chi connectivity index (χ2v) is 6.29. The molecule has 5 heteroatoms. The number of aryl methyl sites for hydroxylation is 1. The quantitative estimate of drug-likeness (QED) is 0.475. The molecular weight excluding hydrogens is 324 g/mol. The second-order valence-electron chi connectivity index (χ2n) is 6.29. The first kappa shape index (κ1) is 14.8. The van der Waals surface area contributed by atoms with Gasteiger partial charge in [-0.15, -0.1) is 0 Å². The predicted octanol–water partition coefficient (Wildman–Crippen LogP) is 4.64. The van der Waals surface area contributed by atoms with Gasteiger partial charge in [0.1, 0.15) is 11.6 Å². The number of fused-ring (bicyclic) bond motifs is 6. The first-order valence-electron chi connectivity index (χ1n) is 8.42. The largest absolute Gasteiger partial charge is 0.497 e. The van der Waals surface area contributed by atoms with E-state index < -0.39 is 0 Å². The van der Waals surface area contributed by atoms with Crippen LogP contribution in [-0.2, 0) is 0 Å².